The van der Waals surface area contributed by atoms with Crippen molar-refractivity contribution in [2.75, 3.05) is 11.9 Å². The van der Waals surface area contributed by atoms with Crippen molar-refractivity contribution in [2.24, 2.45) is 0 Å². The summed E-state index contributed by atoms with van der Waals surface area (Å²) in [6.07, 6.45) is 2.06. The fourth-order valence-electron chi connectivity index (χ4n) is 2.61. The maximum Gasteiger partial charge on any atom is 0.247 e. The Morgan fingerprint density at radius 1 is 1.28 bits per heavy atom. The average Bonchev–Trinajstić information content (AvgIpc) is 3.45. The van der Waals surface area contributed by atoms with Crippen LogP contribution in [0.1, 0.15) is 36.9 Å². The van der Waals surface area contributed by atoms with Gasteiger partial charge in [0.2, 0.25) is 5.91 Å². The molecule has 128 valence electrons. The second-order valence-electron chi connectivity index (χ2n) is 6.03. The standard InChI is InChI=1S/C20H21N3O2/c1-2-25-18-11-8-14(13-21)12-17(18)23-19(15-6-4-3-5-7-15)20(24)22-16-9-10-16/h3-8,11-12,16,19,23H,2,9-10H2,1H3,(H,22,24). The van der Waals surface area contributed by atoms with E-state index in [0.717, 1.165) is 18.4 Å². The highest BCUT2D eigenvalue weighted by Gasteiger charge is 2.29. The van der Waals surface area contributed by atoms with Crippen molar-refractivity contribution in [3.8, 4) is 11.8 Å². The third-order valence-electron chi connectivity index (χ3n) is 4.03. The summed E-state index contributed by atoms with van der Waals surface area (Å²) in [6.45, 7) is 2.40. The number of nitrogens with one attached hydrogen (secondary N) is 2. The van der Waals surface area contributed by atoms with Crippen molar-refractivity contribution >= 4 is 11.6 Å². The second-order valence-corrected chi connectivity index (χ2v) is 6.03. The first-order chi connectivity index (χ1) is 12.2. The first-order valence-corrected chi connectivity index (χ1v) is 8.50. The number of carbonyl (C=O) groups excluding carboxylic acids is 1. The molecular formula is C20H21N3O2. The van der Waals surface area contributed by atoms with Gasteiger partial charge in [0.1, 0.15) is 11.8 Å². The molecule has 2 N–H and O–H groups in total. The molecule has 1 aliphatic rings. The van der Waals surface area contributed by atoms with E-state index >= 15 is 0 Å². The van der Waals surface area contributed by atoms with Gasteiger partial charge in [-0.25, -0.2) is 0 Å². The number of amides is 1. The van der Waals surface area contributed by atoms with Crippen molar-refractivity contribution in [3.63, 3.8) is 0 Å². The normalized spacial score (nSPS) is 14.2. The van der Waals surface area contributed by atoms with Gasteiger partial charge < -0.3 is 15.4 Å². The first-order valence-electron chi connectivity index (χ1n) is 8.50. The van der Waals surface area contributed by atoms with Crippen molar-refractivity contribution < 1.29 is 9.53 Å². The quantitative estimate of drug-likeness (QED) is 0.813. The minimum absolute atomic E-state index is 0.0708. The van der Waals surface area contributed by atoms with Gasteiger partial charge in [-0.1, -0.05) is 30.3 Å². The van der Waals surface area contributed by atoms with E-state index < -0.39 is 6.04 Å². The largest absolute Gasteiger partial charge is 0.492 e. The van der Waals surface area contributed by atoms with E-state index in [4.69, 9.17) is 4.74 Å². The fraction of sp³-hybridized carbons (Fsp3) is 0.300. The molecule has 0 aromatic heterocycles. The lowest BCUT2D eigenvalue weighted by Crippen LogP contribution is -2.35. The van der Waals surface area contributed by atoms with E-state index in [1.165, 1.54) is 0 Å². The third-order valence-corrected chi connectivity index (χ3v) is 4.03. The van der Waals surface area contributed by atoms with Gasteiger partial charge in [-0.05, 0) is 43.5 Å². The number of anilines is 1. The van der Waals surface area contributed by atoms with Crippen LogP contribution >= 0.6 is 0 Å². The lowest BCUT2D eigenvalue weighted by atomic mass is 10.0. The zero-order valence-corrected chi connectivity index (χ0v) is 14.2. The van der Waals surface area contributed by atoms with Crippen molar-refractivity contribution in [1.82, 2.24) is 5.32 Å². The minimum Gasteiger partial charge on any atom is -0.492 e. The maximum absolute atomic E-state index is 12.7. The molecule has 5 heteroatoms. The summed E-state index contributed by atoms with van der Waals surface area (Å²) in [6, 6.07) is 16.6. The molecule has 25 heavy (non-hydrogen) atoms. The van der Waals surface area contributed by atoms with Gasteiger partial charge in [0, 0.05) is 6.04 Å². The van der Waals surface area contributed by atoms with Gasteiger partial charge in [0.05, 0.1) is 23.9 Å². The minimum atomic E-state index is -0.546. The Labute approximate surface area is 147 Å². The highest BCUT2D eigenvalue weighted by atomic mass is 16.5. The molecule has 0 heterocycles. The highest BCUT2D eigenvalue weighted by Crippen LogP contribution is 2.30. The summed E-state index contributed by atoms with van der Waals surface area (Å²) in [4.78, 5) is 12.7. The molecule has 3 rings (SSSR count). The van der Waals surface area contributed by atoms with Gasteiger partial charge >= 0.3 is 0 Å². The Kier molecular flexibility index (Phi) is 5.20. The van der Waals surface area contributed by atoms with Gasteiger partial charge in [-0.15, -0.1) is 0 Å². The van der Waals surface area contributed by atoms with Crippen molar-refractivity contribution in [1.29, 1.82) is 5.26 Å². The van der Waals surface area contributed by atoms with E-state index in [0.29, 0.717) is 23.6 Å². The van der Waals surface area contributed by atoms with Crippen LogP contribution in [0.3, 0.4) is 0 Å². The first kappa shape index (κ1) is 16.8. The van der Waals surface area contributed by atoms with E-state index in [-0.39, 0.29) is 11.9 Å². The number of nitrogens with zero attached hydrogens (tertiary/aromatic N) is 1. The van der Waals surface area contributed by atoms with Crippen LogP contribution in [0, 0.1) is 11.3 Å². The van der Waals surface area contributed by atoms with E-state index in [1.807, 2.05) is 37.3 Å². The summed E-state index contributed by atoms with van der Waals surface area (Å²) in [5, 5.41) is 15.5. The SMILES string of the molecule is CCOc1ccc(C#N)cc1NC(C(=O)NC1CC1)c1ccccc1. The lowest BCUT2D eigenvalue weighted by molar-refractivity contribution is -0.122. The van der Waals surface area contributed by atoms with Crippen LogP contribution in [0.25, 0.3) is 0 Å². The molecule has 1 fully saturated rings. The van der Waals surface area contributed by atoms with Crippen LogP contribution in [0.2, 0.25) is 0 Å². The molecule has 0 aliphatic heterocycles. The van der Waals surface area contributed by atoms with Crippen LogP contribution < -0.4 is 15.4 Å². The maximum atomic E-state index is 12.7. The summed E-state index contributed by atoms with van der Waals surface area (Å²) >= 11 is 0. The number of nitriles is 1. The Balaban J connectivity index is 1.91. The Morgan fingerprint density at radius 3 is 2.68 bits per heavy atom. The molecule has 5 nitrogen and oxygen atoms in total. The molecule has 0 spiro atoms. The fourth-order valence-corrected chi connectivity index (χ4v) is 2.61. The smallest absolute Gasteiger partial charge is 0.247 e. The zero-order chi connectivity index (χ0) is 17.6. The van der Waals surface area contributed by atoms with Gasteiger partial charge in [-0.3, -0.25) is 4.79 Å². The predicted molar refractivity (Wildman–Crippen MR) is 96.3 cm³/mol. The van der Waals surface area contributed by atoms with Gasteiger partial charge in [0.15, 0.2) is 0 Å². The molecule has 1 saturated carbocycles. The van der Waals surface area contributed by atoms with E-state index in [2.05, 4.69) is 16.7 Å². The van der Waals surface area contributed by atoms with Crippen molar-refractivity contribution in [3.05, 3.63) is 59.7 Å². The average molecular weight is 335 g/mol. The molecule has 0 radical (unpaired) electrons. The molecule has 1 unspecified atom stereocenters. The molecule has 1 amide bonds. The predicted octanol–water partition coefficient (Wildman–Crippen LogP) is 3.39. The van der Waals surface area contributed by atoms with E-state index in [1.54, 1.807) is 18.2 Å². The van der Waals surface area contributed by atoms with Crippen LogP contribution in [-0.2, 0) is 4.79 Å². The van der Waals surface area contributed by atoms with Crippen LogP contribution in [0.15, 0.2) is 48.5 Å². The number of carbonyl (C=O) groups is 1. The number of benzene rings is 2. The zero-order valence-electron chi connectivity index (χ0n) is 14.2. The topological polar surface area (TPSA) is 74.1 Å². The highest BCUT2D eigenvalue weighted by molar-refractivity contribution is 5.87. The van der Waals surface area contributed by atoms with Crippen LogP contribution in [0.4, 0.5) is 5.69 Å². The Bertz CT molecular complexity index is 779. The molecule has 1 aliphatic carbocycles. The molecule has 1 atom stereocenters. The summed E-state index contributed by atoms with van der Waals surface area (Å²) in [5.74, 6) is 0.556. The molecule has 2 aromatic carbocycles. The monoisotopic (exact) mass is 335 g/mol. The van der Waals surface area contributed by atoms with Crippen LogP contribution in [-0.4, -0.2) is 18.6 Å². The number of rotatable bonds is 7. The summed E-state index contributed by atoms with van der Waals surface area (Å²) in [5.41, 5.74) is 2.02. The third kappa shape index (κ3) is 4.30. The second kappa shape index (κ2) is 7.71. The Hall–Kier alpha value is -3.00. The van der Waals surface area contributed by atoms with Gasteiger partial charge in [0.25, 0.3) is 0 Å². The molecule has 2 aromatic rings. The molecule has 0 saturated heterocycles. The molecular weight excluding hydrogens is 314 g/mol. The Morgan fingerprint density at radius 2 is 2.04 bits per heavy atom. The number of hydrogen-bond donors (Lipinski definition) is 2. The number of hydrogen-bond acceptors (Lipinski definition) is 4. The lowest BCUT2D eigenvalue weighted by Gasteiger charge is -2.22. The van der Waals surface area contributed by atoms with E-state index in [9.17, 15) is 10.1 Å². The van der Waals surface area contributed by atoms with Gasteiger partial charge in [-0.2, -0.15) is 5.26 Å². The van der Waals surface area contributed by atoms with Crippen LogP contribution in [0.5, 0.6) is 5.75 Å². The number of ether oxygens (including phenoxy) is 1. The van der Waals surface area contributed by atoms with Crippen molar-refractivity contribution in [2.45, 2.75) is 31.8 Å². The summed E-state index contributed by atoms with van der Waals surface area (Å²) in [7, 11) is 0. The molecule has 0 bridgehead atoms. The summed E-state index contributed by atoms with van der Waals surface area (Å²) < 4.78 is 5.64.